The smallest absolute Gasteiger partial charge is 0.407 e. The van der Waals surface area contributed by atoms with Crippen molar-refractivity contribution in [3.63, 3.8) is 0 Å². The Balaban J connectivity index is 1.82. The Bertz CT molecular complexity index is 682. The zero-order valence-electron chi connectivity index (χ0n) is 17.1. The highest BCUT2D eigenvalue weighted by molar-refractivity contribution is 5.68. The second-order valence-corrected chi connectivity index (χ2v) is 8.99. The van der Waals surface area contributed by atoms with Crippen LogP contribution in [0.2, 0.25) is 0 Å². The highest BCUT2D eigenvalue weighted by atomic mass is 16.8. The number of ether oxygens (including phenoxy) is 1. The number of piperidine rings is 1. The van der Waals surface area contributed by atoms with E-state index in [1.807, 2.05) is 20.8 Å². The Hall–Kier alpha value is -1.97. The standard InChI is InChI=1S/C19H31N4O5/c1-12-8-13(20-18(24)28-19(2,3)4)10-21(9-12)17-14-6-5-7-15(14)22(25)11-16(17)23(26)27/h12-13,26-27H,5-11H2,1-4H3,(H,20,24)/q-1/t12-,13+/m1/s1. The molecule has 0 bridgehead atoms. The van der Waals surface area contributed by atoms with E-state index in [0.29, 0.717) is 18.7 Å². The number of hydrogen-bond donors (Lipinski definition) is 3. The lowest BCUT2D eigenvalue weighted by atomic mass is 9.93. The Labute approximate surface area is 165 Å². The highest BCUT2D eigenvalue weighted by Crippen LogP contribution is 2.41. The Morgan fingerprint density at radius 3 is 2.64 bits per heavy atom. The minimum atomic E-state index is -0.571. The van der Waals surface area contributed by atoms with Crippen molar-refractivity contribution in [2.75, 3.05) is 19.6 Å². The van der Waals surface area contributed by atoms with E-state index in [2.05, 4.69) is 17.1 Å². The van der Waals surface area contributed by atoms with E-state index >= 15 is 0 Å². The number of carbonyl (C=O) groups excluding carboxylic acids is 1. The van der Waals surface area contributed by atoms with Gasteiger partial charge in [-0.05, 0) is 57.9 Å². The summed E-state index contributed by atoms with van der Waals surface area (Å²) < 4.78 is 5.37. The molecule has 0 spiro atoms. The molecule has 0 aromatic rings. The Morgan fingerprint density at radius 2 is 2.00 bits per heavy atom. The number of hydroxylamine groups is 4. The molecule has 1 fully saturated rings. The summed E-state index contributed by atoms with van der Waals surface area (Å²) in [5.74, 6) is 0.281. The molecule has 0 aromatic carbocycles. The van der Waals surface area contributed by atoms with Crippen LogP contribution in [0.5, 0.6) is 0 Å². The van der Waals surface area contributed by atoms with E-state index in [1.165, 1.54) is 0 Å². The highest BCUT2D eigenvalue weighted by Gasteiger charge is 2.36. The molecule has 1 amide bonds. The van der Waals surface area contributed by atoms with Crippen LogP contribution >= 0.6 is 0 Å². The Kier molecular flexibility index (Phi) is 5.79. The van der Waals surface area contributed by atoms with Crippen molar-refractivity contribution in [1.82, 2.24) is 20.5 Å². The summed E-state index contributed by atoms with van der Waals surface area (Å²) in [5, 5.41) is 35.7. The fraction of sp³-hybridized carbons (Fsp3) is 0.737. The van der Waals surface area contributed by atoms with Gasteiger partial charge in [-0.3, -0.25) is 10.4 Å². The quantitative estimate of drug-likeness (QED) is 0.626. The number of nitrogens with zero attached hydrogens (tertiary/aromatic N) is 3. The Morgan fingerprint density at radius 1 is 1.29 bits per heavy atom. The first-order valence-electron chi connectivity index (χ1n) is 9.87. The van der Waals surface area contributed by atoms with Crippen molar-refractivity contribution < 1.29 is 19.9 Å². The van der Waals surface area contributed by atoms with Crippen molar-refractivity contribution in [1.29, 1.82) is 0 Å². The van der Waals surface area contributed by atoms with Gasteiger partial charge in [0.1, 0.15) is 11.3 Å². The average Bonchev–Trinajstić information content (AvgIpc) is 3.01. The number of rotatable bonds is 3. The number of carbonyl (C=O) groups is 1. The van der Waals surface area contributed by atoms with E-state index in [0.717, 1.165) is 42.1 Å². The molecule has 3 N–H and O–H groups in total. The van der Waals surface area contributed by atoms with Gasteiger partial charge in [-0.15, -0.1) is 5.23 Å². The van der Waals surface area contributed by atoms with Gasteiger partial charge in [0.05, 0.1) is 12.2 Å². The van der Waals surface area contributed by atoms with Crippen LogP contribution in [-0.2, 0) is 4.74 Å². The number of hydrogen-bond acceptors (Lipinski definition) is 8. The molecule has 9 heteroatoms. The number of likely N-dealkylation sites (tertiary alicyclic amines) is 1. The lowest BCUT2D eigenvalue weighted by molar-refractivity contribution is -0.282. The molecule has 28 heavy (non-hydrogen) atoms. The van der Waals surface area contributed by atoms with E-state index in [9.17, 15) is 20.4 Å². The van der Waals surface area contributed by atoms with Crippen LogP contribution in [0.15, 0.2) is 22.7 Å². The first-order valence-corrected chi connectivity index (χ1v) is 9.87. The first-order chi connectivity index (χ1) is 13.0. The normalized spacial score (nSPS) is 25.8. The molecule has 0 aromatic heterocycles. The van der Waals surface area contributed by atoms with Gasteiger partial charge in [0.15, 0.2) is 0 Å². The van der Waals surface area contributed by atoms with Crippen LogP contribution in [0.3, 0.4) is 0 Å². The van der Waals surface area contributed by atoms with Gasteiger partial charge in [-0.25, -0.2) is 4.79 Å². The molecule has 3 aliphatic rings. The lowest BCUT2D eigenvalue weighted by Crippen LogP contribution is -2.52. The summed E-state index contributed by atoms with van der Waals surface area (Å²) >= 11 is 0. The molecular weight excluding hydrogens is 364 g/mol. The van der Waals surface area contributed by atoms with Gasteiger partial charge in [0.25, 0.3) is 0 Å². The molecule has 1 aliphatic carbocycles. The van der Waals surface area contributed by atoms with E-state index in [4.69, 9.17) is 4.74 Å². The molecule has 9 nitrogen and oxygen atoms in total. The van der Waals surface area contributed by atoms with Gasteiger partial charge >= 0.3 is 6.09 Å². The minimum Gasteiger partial charge on any atom is -0.758 e. The maximum absolute atomic E-state index is 12.3. The lowest BCUT2D eigenvalue weighted by Gasteiger charge is -2.45. The SMILES string of the molecule is C[C@@H]1C[C@H](NC(=O)OC(C)(C)C)CN(C2=C(N(O)O)CN([O-])C3=C2CCC3)C1. The van der Waals surface area contributed by atoms with Gasteiger partial charge in [-0.2, -0.15) is 0 Å². The molecule has 0 saturated carbocycles. The molecule has 0 unspecified atom stereocenters. The topological polar surface area (TPSA) is 112 Å². The van der Waals surface area contributed by atoms with Crippen molar-refractivity contribution in [3.8, 4) is 0 Å². The van der Waals surface area contributed by atoms with Gasteiger partial charge < -0.3 is 25.2 Å². The maximum Gasteiger partial charge on any atom is 0.407 e. The van der Waals surface area contributed by atoms with E-state index in [1.54, 1.807) is 0 Å². The van der Waals surface area contributed by atoms with Gasteiger partial charge in [0, 0.05) is 24.8 Å². The molecule has 2 atom stereocenters. The van der Waals surface area contributed by atoms with Crippen molar-refractivity contribution in [2.24, 2.45) is 5.92 Å². The summed E-state index contributed by atoms with van der Waals surface area (Å²) in [6, 6.07) is -0.131. The number of allylic oxidation sites excluding steroid dienone is 2. The van der Waals surface area contributed by atoms with Crippen LogP contribution in [0.1, 0.15) is 53.4 Å². The number of amides is 1. The predicted octanol–water partition coefficient (Wildman–Crippen LogP) is 2.76. The van der Waals surface area contributed by atoms with Gasteiger partial charge in [0.2, 0.25) is 0 Å². The van der Waals surface area contributed by atoms with Crippen molar-refractivity contribution in [2.45, 2.75) is 65.0 Å². The summed E-state index contributed by atoms with van der Waals surface area (Å²) in [4.78, 5) is 14.3. The molecule has 2 heterocycles. The predicted molar refractivity (Wildman–Crippen MR) is 102 cm³/mol. The van der Waals surface area contributed by atoms with Crippen LogP contribution in [0, 0.1) is 11.1 Å². The zero-order valence-corrected chi connectivity index (χ0v) is 17.1. The summed E-state index contributed by atoms with van der Waals surface area (Å²) in [5.41, 5.74) is 1.94. The van der Waals surface area contributed by atoms with Crippen LogP contribution < -0.4 is 5.32 Å². The van der Waals surface area contributed by atoms with E-state index < -0.39 is 11.7 Å². The summed E-state index contributed by atoms with van der Waals surface area (Å²) in [6.45, 7) is 8.69. The van der Waals surface area contributed by atoms with E-state index in [-0.39, 0.29) is 29.4 Å². The van der Waals surface area contributed by atoms with Crippen molar-refractivity contribution in [3.05, 3.63) is 27.9 Å². The zero-order chi connectivity index (χ0) is 20.6. The fourth-order valence-corrected chi connectivity index (χ4v) is 4.38. The second-order valence-electron chi connectivity index (χ2n) is 8.99. The molecule has 158 valence electrons. The first kappa shape index (κ1) is 20.8. The fourth-order valence-electron chi connectivity index (χ4n) is 4.38. The van der Waals surface area contributed by atoms with Crippen molar-refractivity contribution >= 4 is 6.09 Å². The molecule has 3 rings (SSSR count). The molecule has 2 aliphatic heterocycles. The third kappa shape index (κ3) is 4.53. The number of alkyl carbamates (subject to hydrolysis) is 1. The van der Waals surface area contributed by atoms with Gasteiger partial charge in [-0.1, -0.05) is 6.92 Å². The maximum atomic E-state index is 12.3. The summed E-state index contributed by atoms with van der Waals surface area (Å²) in [6.07, 6.45) is 2.66. The summed E-state index contributed by atoms with van der Waals surface area (Å²) in [7, 11) is 0. The van der Waals surface area contributed by atoms with Crippen LogP contribution in [0.4, 0.5) is 4.79 Å². The third-order valence-electron chi connectivity index (χ3n) is 5.28. The number of nitrogens with one attached hydrogen (secondary N) is 1. The second kappa shape index (κ2) is 7.81. The largest absolute Gasteiger partial charge is 0.758 e. The van der Waals surface area contributed by atoms with Crippen LogP contribution in [-0.4, -0.2) is 63.0 Å². The minimum absolute atomic E-state index is 0.0674. The molecular formula is C19H31N4O5-. The monoisotopic (exact) mass is 395 g/mol. The van der Waals surface area contributed by atoms with Crippen LogP contribution in [0.25, 0.3) is 0 Å². The average molecular weight is 395 g/mol. The molecule has 1 saturated heterocycles. The molecule has 0 radical (unpaired) electrons. The third-order valence-corrected chi connectivity index (χ3v) is 5.28.